The summed E-state index contributed by atoms with van der Waals surface area (Å²) < 4.78 is 30.7. The lowest BCUT2D eigenvalue weighted by Crippen LogP contribution is -2.30. The zero-order valence-corrected chi connectivity index (χ0v) is 20.4. The van der Waals surface area contributed by atoms with Gasteiger partial charge in [0.1, 0.15) is 16.7 Å². The van der Waals surface area contributed by atoms with E-state index in [1.54, 1.807) is 13.8 Å². The topological polar surface area (TPSA) is 101 Å². The Kier molecular flexibility index (Phi) is 6.32. The van der Waals surface area contributed by atoms with Crippen LogP contribution in [0.25, 0.3) is 22.4 Å². The number of benzene rings is 1. The van der Waals surface area contributed by atoms with Gasteiger partial charge in [-0.3, -0.25) is 0 Å². The van der Waals surface area contributed by atoms with Gasteiger partial charge in [-0.2, -0.15) is 5.26 Å². The quantitative estimate of drug-likeness (QED) is 0.463. The van der Waals surface area contributed by atoms with Crippen molar-refractivity contribution in [3.63, 3.8) is 0 Å². The minimum atomic E-state index is -3.68. The second-order valence-corrected chi connectivity index (χ2v) is 11.1. The molecule has 0 radical (unpaired) electrons. The third-order valence-corrected chi connectivity index (χ3v) is 7.84. The minimum Gasteiger partial charge on any atom is -0.334 e. The van der Waals surface area contributed by atoms with Crippen LogP contribution in [0, 0.1) is 14.9 Å². The maximum Gasteiger partial charge on any atom is 0.243 e. The molecule has 1 saturated carbocycles. The van der Waals surface area contributed by atoms with Crippen molar-refractivity contribution in [1.82, 2.24) is 19.3 Å². The van der Waals surface area contributed by atoms with E-state index in [0.29, 0.717) is 17.1 Å². The number of nitrogens with zero attached hydrogens (tertiary/aromatic N) is 4. The summed E-state index contributed by atoms with van der Waals surface area (Å²) in [5.41, 5.74) is 2.21. The summed E-state index contributed by atoms with van der Waals surface area (Å²) in [6.07, 6.45) is 8.24. The first-order chi connectivity index (χ1) is 14.8. The summed E-state index contributed by atoms with van der Waals surface area (Å²) in [5.74, 6) is 0.372. The summed E-state index contributed by atoms with van der Waals surface area (Å²) >= 11 is 2.25. The molecule has 9 heteroatoms. The van der Waals surface area contributed by atoms with E-state index in [4.69, 9.17) is 0 Å². The number of aromatic nitrogens is 3. The Bertz CT molecular complexity index is 1250. The Morgan fingerprint density at radius 1 is 1.19 bits per heavy atom. The van der Waals surface area contributed by atoms with Gasteiger partial charge in [0.05, 0.1) is 23.5 Å². The second-order valence-electron chi connectivity index (χ2n) is 8.18. The Hall–Kier alpha value is -2.03. The molecule has 7 nitrogen and oxygen atoms in total. The van der Waals surface area contributed by atoms with Gasteiger partial charge in [0.25, 0.3) is 0 Å². The molecule has 1 aliphatic carbocycles. The molecule has 1 aromatic carbocycles. The van der Waals surface area contributed by atoms with Gasteiger partial charge in [-0.15, -0.1) is 0 Å². The van der Waals surface area contributed by atoms with Crippen molar-refractivity contribution in [3.05, 3.63) is 39.7 Å². The average Bonchev–Trinajstić information content (AvgIpc) is 3.07. The zero-order chi connectivity index (χ0) is 22.2. The van der Waals surface area contributed by atoms with E-state index in [2.05, 4.69) is 54.0 Å². The van der Waals surface area contributed by atoms with Gasteiger partial charge in [-0.1, -0.05) is 19.3 Å². The molecule has 1 fully saturated rings. The second kappa shape index (κ2) is 8.84. The Morgan fingerprint density at radius 3 is 2.48 bits per heavy atom. The summed E-state index contributed by atoms with van der Waals surface area (Å²) in [6.45, 7) is 3.52. The third kappa shape index (κ3) is 4.33. The van der Waals surface area contributed by atoms with Gasteiger partial charge >= 0.3 is 0 Å². The molecule has 2 aromatic heterocycles. The van der Waals surface area contributed by atoms with Gasteiger partial charge in [0.2, 0.25) is 10.0 Å². The number of hydrogen-bond acceptors (Lipinski definition) is 5. The van der Waals surface area contributed by atoms with Gasteiger partial charge in [0, 0.05) is 21.0 Å². The summed E-state index contributed by atoms with van der Waals surface area (Å²) in [4.78, 5) is 8.81. The number of fused-ring (bicyclic) bond motifs is 1. The fraction of sp³-hybridized carbons (Fsp3) is 0.409. The van der Waals surface area contributed by atoms with Gasteiger partial charge < -0.3 is 4.57 Å². The summed E-state index contributed by atoms with van der Waals surface area (Å²) in [6, 6.07) is 8.51. The fourth-order valence-corrected chi connectivity index (χ4v) is 5.92. The van der Waals surface area contributed by atoms with Crippen LogP contribution in [0.5, 0.6) is 0 Å². The minimum absolute atomic E-state index is 0.0123. The molecule has 0 amide bonds. The smallest absolute Gasteiger partial charge is 0.243 e. The molecule has 162 valence electrons. The zero-order valence-electron chi connectivity index (χ0n) is 17.5. The van der Waals surface area contributed by atoms with Crippen LogP contribution in [-0.2, 0) is 10.0 Å². The molecule has 0 spiro atoms. The molecule has 0 unspecified atom stereocenters. The monoisotopic (exact) mass is 549 g/mol. The molecule has 2 heterocycles. The lowest BCUT2D eigenvalue weighted by Gasteiger charge is -2.26. The predicted molar refractivity (Wildman–Crippen MR) is 128 cm³/mol. The van der Waals surface area contributed by atoms with Crippen molar-refractivity contribution in [3.8, 4) is 17.6 Å². The number of halogens is 1. The molecule has 0 aliphatic heterocycles. The van der Waals surface area contributed by atoms with E-state index in [9.17, 15) is 13.7 Å². The molecule has 3 aromatic rings. The summed E-state index contributed by atoms with van der Waals surface area (Å²) in [5, 5.41) is 10.9. The number of hydrogen-bond donors (Lipinski definition) is 1. The maximum absolute atomic E-state index is 12.5. The fourth-order valence-electron chi connectivity index (χ4n) is 4.29. The number of nitriles is 1. The molecule has 31 heavy (non-hydrogen) atoms. The Morgan fingerprint density at radius 2 is 1.87 bits per heavy atom. The molecular weight excluding hydrogens is 525 g/mol. The molecule has 1 aliphatic rings. The first kappa shape index (κ1) is 22.2. The first-order valence-corrected chi connectivity index (χ1v) is 13.0. The largest absolute Gasteiger partial charge is 0.334 e. The van der Waals surface area contributed by atoms with E-state index < -0.39 is 10.0 Å². The van der Waals surface area contributed by atoms with Crippen LogP contribution in [0.15, 0.2) is 35.5 Å². The number of sulfonamides is 1. The van der Waals surface area contributed by atoms with E-state index in [1.165, 1.54) is 18.8 Å². The molecule has 0 bridgehead atoms. The van der Waals surface area contributed by atoms with Crippen molar-refractivity contribution < 1.29 is 8.42 Å². The Labute approximate surface area is 196 Å². The number of rotatable bonds is 5. The van der Waals surface area contributed by atoms with Crippen molar-refractivity contribution >= 4 is 43.5 Å². The van der Waals surface area contributed by atoms with Crippen LogP contribution in [0.1, 0.15) is 57.6 Å². The Balaban J connectivity index is 1.89. The van der Waals surface area contributed by atoms with E-state index >= 15 is 0 Å². The standard InChI is InChI=1S/C22H24IN5O2S/c1-14(2)27-31(29,30)17-12-25-22(26-13-17)21-19(11-24)18-10-15(23)8-9-20(18)28(21)16-6-4-3-5-7-16/h8-10,12-14,16,27H,3-7H2,1-2H3. The van der Waals surface area contributed by atoms with Crippen LogP contribution in [0.4, 0.5) is 0 Å². The highest BCUT2D eigenvalue weighted by atomic mass is 127. The first-order valence-electron chi connectivity index (χ1n) is 10.4. The molecule has 1 N–H and O–H groups in total. The average molecular weight is 549 g/mol. The van der Waals surface area contributed by atoms with Gasteiger partial charge in [-0.05, 0) is 67.5 Å². The van der Waals surface area contributed by atoms with Crippen molar-refractivity contribution in [2.45, 2.75) is 62.9 Å². The highest BCUT2D eigenvalue weighted by Gasteiger charge is 2.27. The van der Waals surface area contributed by atoms with E-state index in [1.807, 2.05) is 12.1 Å². The molecule has 4 rings (SSSR count). The normalized spacial score (nSPS) is 15.5. The maximum atomic E-state index is 12.5. The van der Waals surface area contributed by atoms with Crippen molar-refractivity contribution in [1.29, 1.82) is 5.26 Å². The lowest BCUT2D eigenvalue weighted by molar-refractivity contribution is 0.362. The molecule has 0 saturated heterocycles. The summed E-state index contributed by atoms with van der Waals surface area (Å²) in [7, 11) is -3.68. The van der Waals surface area contributed by atoms with Crippen LogP contribution in [0.2, 0.25) is 0 Å². The SMILES string of the molecule is CC(C)NS(=O)(=O)c1cnc(-c2c(C#N)c3cc(I)ccc3n2C2CCCCC2)nc1. The molecule has 0 atom stereocenters. The lowest BCUT2D eigenvalue weighted by atomic mass is 9.95. The van der Waals surface area contributed by atoms with Crippen molar-refractivity contribution in [2.24, 2.45) is 0 Å². The van der Waals surface area contributed by atoms with Gasteiger partial charge in [-0.25, -0.2) is 23.1 Å². The van der Waals surface area contributed by atoms with Crippen molar-refractivity contribution in [2.75, 3.05) is 0 Å². The highest BCUT2D eigenvalue weighted by Crippen LogP contribution is 2.40. The molecular formula is C22H24IN5O2S. The van der Waals surface area contributed by atoms with Gasteiger partial charge in [0.15, 0.2) is 5.82 Å². The van der Waals surface area contributed by atoms with Crippen LogP contribution >= 0.6 is 22.6 Å². The van der Waals surface area contributed by atoms with Crippen LogP contribution < -0.4 is 4.72 Å². The number of nitrogens with one attached hydrogen (secondary N) is 1. The van der Waals surface area contributed by atoms with Crippen LogP contribution in [0.3, 0.4) is 0 Å². The third-order valence-electron chi connectivity index (χ3n) is 5.56. The van der Waals surface area contributed by atoms with Crippen LogP contribution in [-0.4, -0.2) is 29.0 Å². The predicted octanol–water partition coefficient (Wildman–Crippen LogP) is 4.77. The van der Waals surface area contributed by atoms with E-state index in [-0.39, 0.29) is 17.0 Å². The van der Waals surface area contributed by atoms with E-state index in [0.717, 1.165) is 40.2 Å². The highest BCUT2D eigenvalue weighted by molar-refractivity contribution is 14.1.